The Hall–Kier alpha value is -2.67. The van der Waals surface area contributed by atoms with Crippen molar-refractivity contribution in [3.8, 4) is 5.69 Å². The molecule has 0 bridgehead atoms. The zero-order valence-electron chi connectivity index (χ0n) is 14.2. The van der Waals surface area contributed by atoms with Crippen LogP contribution in [0.1, 0.15) is 22.8 Å². The summed E-state index contributed by atoms with van der Waals surface area (Å²) in [4.78, 5) is 16.5. The largest absolute Gasteiger partial charge is 0.465 e. The van der Waals surface area contributed by atoms with Crippen LogP contribution in [-0.4, -0.2) is 37.3 Å². The van der Waals surface area contributed by atoms with E-state index in [9.17, 15) is 13.2 Å². The minimum Gasteiger partial charge on any atom is -0.465 e. The zero-order chi connectivity index (χ0) is 18.2. The number of carbonyl (C=O) groups is 1. The van der Waals surface area contributed by atoms with Gasteiger partial charge in [0.2, 0.25) is 0 Å². The lowest BCUT2D eigenvalue weighted by atomic mass is 10.0. The molecule has 1 heterocycles. The Morgan fingerprint density at radius 3 is 2.56 bits per heavy atom. The molecule has 0 atom stereocenters. The molecule has 0 aliphatic rings. The monoisotopic (exact) mass is 358 g/mol. The van der Waals surface area contributed by atoms with Crippen molar-refractivity contribution in [2.24, 2.45) is 0 Å². The third kappa shape index (κ3) is 2.91. The minimum atomic E-state index is -3.59. The van der Waals surface area contributed by atoms with Gasteiger partial charge in [-0.05, 0) is 36.2 Å². The third-order valence-electron chi connectivity index (χ3n) is 4.08. The van der Waals surface area contributed by atoms with Gasteiger partial charge in [0.05, 0.1) is 34.3 Å². The maximum Gasteiger partial charge on any atom is 0.338 e. The standard InChI is InChI=1S/C18H18N2O4S/c1-4-12-13(18(21)24-2)9-10-16(17(12)25(3,22)23)20-11-19-14-7-5-6-8-15(14)20/h5-11H,4H2,1-3H3. The van der Waals surface area contributed by atoms with Crippen LogP contribution in [0.25, 0.3) is 16.7 Å². The van der Waals surface area contributed by atoms with E-state index in [1.54, 1.807) is 23.0 Å². The number of nitrogens with zero attached hydrogens (tertiary/aromatic N) is 2. The van der Waals surface area contributed by atoms with E-state index >= 15 is 0 Å². The van der Waals surface area contributed by atoms with E-state index in [-0.39, 0.29) is 10.5 Å². The van der Waals surface area contributed by atoms with E-state index in [1.165, 1.54) is 7.11 Å². The predicted molar refractivity (Wildman–Crippen MR) is 94.9 cm³/mol. The smallest absolute Gasteiger partial charge is 0.338 e. The molecule has 3 rings (SSSR count). The molecule has 0 spiro atoms. The van der Waals surface area contributed by atoms with Gasteiger partial charge in [-0.15, -0.1) is 0 Å². The molecule has 0 aliphatic carbocycles. The van der Waals surface area contributed by atoms with Gasteiger partial charge < -0.3 is 4.74 Å². The van der Waals surface area contributed by atoms with Crippen molar-refractivity contribution in [2.75, 3.05) is 13.4 Å². The summed E-state index contributed by atoms with van der Waals surface area (Å²) in [7, 11) is -2.31. The summed E-state index contributed by atoms with van der Waals surface area (Å²) in [6.07, 6.45) is 3.12. The molecule has 0 radical (unpaired) electrons. The molecule has 7 heteroatoms. The Morgan fingerprint density at radius 2 is 1.92 bits per heavy atom. The quantitative estimate of drug-likeness (QED) is 0.670. The summed E-state index contributed by atoms with van der Waals surface area (Å²) in [6, 6.07) is 10.7. The van der Waals surface area contributed by atoms with Gasteiger partial charge in [0, 0.05) is 6.26 Å². The van der Waals surface area contributed by atoms with Crippen LogP contribution in [-0.2, 0) is 21.0 Å². The first-order valence-electron chi connectivity index (χ1n) is 7.75. The molecule has 3 aromatic rings. The van der Waals surface area contributed by atoms with Gasteiger partial charge in [0.1, 0.15) is 6.33 Å². The first kappa shape index (κ1) is 17.2. The Kier molecular flexibility index (Phi) is 4.34. The van der Waals surface area contributed by atoms with Crippen molar-refractivity contribution in [3.05, 3.63) is 53.9 Å². The third-order valence-corrected chi connectivity index (χ3v) is 5.28. The number of para-hydroxylation sites is 2. The van der Waals surface area contributed by atoms with Crippen LogP contribution in [0, 0.1) is 0 Å². The van der Waals surface area contributed by atoms with Gasteiger partial charge in [-0.25, -0.2) is 18.2 Å². The van der Waals surface area contributed by atoms with Crippen LogP contribution in [0.4, 0.5) is 0 Å². The van der Waals surface area contributed by atoms with Crippen molar-refractivity contribution in [1.82, 2.24) is 9.55 Å². The number of hydrogen-bond donors (Lipinski definition) is 0. The van der Waals surface area contributed by atoms with Crippen molar-refractivity contribution >= 4 is 26.8 Å². The number of ether oxygens (including phenoxy) is 1. The van der Waals surface area contributed by atoms with E-state index in [0.717, 1.165) is 17.3 Å². The molecule has 0 amide bonds. The van der Waals surface area contributed by atoms with Gasteiger partial charge in [0.25, 0.3) is 0 Å². The molecule has 0 saturated carbocycles. The number of fused-ring (bicyclic) bond motifs is 1. The molecule has 0 saturated heterocycles. The first-order chi connectivity index (χ1) is 11.9. The SMILES string of the molecule is CCc1c(C(=O)OC)ccc(-n2cnc3ccccc32)c1S(C)(=O)=O. The maximum absolute atomic E-state index is 12.5. The molecule has 6 nitrogen and oxygen atoms in total. The molecule has 25 heavy (non-hydrogen) atoms. The molecular weight excluding hydrogens is 340 g/mol. The number of sulfone groups is 1. The zero-order valence-corrected chi connectivity index (χ0v) is 15.0. The highest BCUT2D eigenvalue weighted by molar-refractivity contribution is 7.90. The average molecular weight is 358 g/mol. The lowest BCUT2D eigenvalue weighted by Gasteiger charge is -2.16. The summed E-state index contributed by atoms with van der Waals surface area (Å²) in [5, 5.41) is 0. The van der Waals surface area contributed by atoms with Gasteiger partial charge in [-0.1, -0.05) is 19.1 Å². The summed E-state index contributed by atoms with van der Waals surface area (Å²) in [5.74, 6) is -0.552. The van der Waals surface area contributed by atoms with Gasteiger partial charge >= 0.3 is 5.97 Å². The lowest BCUT2D eigenvalue weighted by Crippen LogP contribution is -2.14. The highest BCUT2D eigenvalue weighted by Gasteiger charge is 2.25. The van der Waals surface area contributed by atoms with E-state index in [1.807, 2.05) is 31.2 Å². The number of benzene rings is 2. The number of aromatic nitrogens is 2. The Labute approximate surface area is 146 Å². The summed E-state index contributed by atoms with van der Waals surface area (Å²) in [6.45, 7) is 1.81. The van der Waals surface area contributed by atoms with Crippen molar-refractivity contribution < 1.29 is 17.9 Å². The minimum absolute atomic E-state index is 0.126. The molecule has 2 aromatic carbocycles. The molecule has 0 unspecified atom stereocenters. The lowest BCUT2D eigenvalue weighted by molar-refractivity contribution is 0.0599. The molecule has 1 aromatic heterocycles. The number of imidazole rings is 1. The predicted octanol–water partition coefficient (Wildman–Crippen LogP) is 2.78. The van der Waals surface area contributed by atoms with Crippen LogP contribution < -0.4 is 0 Å². The van der Waals surface area contributed by atoms with Gasteiger partial charge in [0.15, 0.2) is 9.84 Å². The second kappa shape index (κ2) is 6.33. The fraction of sp³-hybridized carbons (Fsp3) is 0.222. The molecule has 0 N–H and O–H groups in total. The molecule has 0 fully saturated rings. The number of carbonyl (C=O) groups excluding carboxylic acids is 1. The summed E-state index contributed by atoms with van der Waals surface area (Å²) >= 11 is 0. The molecule has 0 aliphatic heterocycles. The highest BCUT2D eigenvalue weighted by atomic mass is 32.2. The van der Waals surface area contributed by atoms with Crippen molar-refractivity contribution in [3.63, 3.8) is 0 Å². The van der Waals surface area contributed by atoms with E-state index in [0.29, 0.717) is 17.7 Å². The highest BCUT2D eigenvalue weighted by Crippen LogP contribution is 2.30. The summed E-state index contributed by atoms with van der Waals surface area (Å²) < 4.78 is 31.6. The fourth-order valence-electron chi connectivity index (χ4n) is 3.02. The number of rotatable bonds is 4. The maximum atomic E-state index is 12.5. The van der Waals surface area contributed by atoms with Crippen LogP contribution in [0.3, 0.4) is 0 Å². The number of esters is 1. The Balaban J connectivity index is 2.40. The fourth-order valence-corrected chi connectivity index (χ4v) is 4.27. The van der Waals surface area contributed by atoms with Crippen molar-refractivity contribution in [2.45, 2.75) is 18.2 Å². The van der Waals surface area contributed by atoms with E-state index < -0.39 is 15.8 Å². The second-order valence-corrected chi connectivity index (χ2v) is 7.61. The van der Waals surface area contributed by atoms with Crippen LogP contribution in [0.15, 0.2) is 47.6 Å². The average Bonchev–Trinajstić information content (AvgIpc) is 3.02. The number of methoxy groups -OCH3 is 1. The van der Waals surface area contributed by atoms with Gasteiger partial charge in [-0.3, -0.25) is 4.57 Å². The van der Waals surface area contributed by atoms with Crippen LogP contribution >= 0.6 is 0 Å². The summed E-state index contributed by atoms with van der Waals surface area (Å²) in [5.41, 5.74) is 2.74. The van der Waals surface area contributed by atoms with Crippen LogP contribution in [0.5, 0.6) is 0 Å². The van der Waals surface area contributed by atoms with Crippen molar-refractivity contribution in [1.29, 1.82) is 0 Å². The Morgan fingerprint density at radius 1 is 1.20 bits per heavy atom. The topological polar surface area (TPSA) is 78.3 Å². The van der Waals surface area contributed by atoms with E-state index in [2.05, 4.69) is 4.98 Å². The first-order valence-corrected chi connectivity index (χ1v) is 9.64. The normalized spacial score (nSPS) is 11.6. The van der Waals surface area contributed by atoms with Gasteiger partial charge in [-0.2, -0.15) is 0 Å². The van der Waals surface area contributed by atoms with Crippen LogP contribution in [0.2, 0.25) is 0 Å². The second-order valence-electron chi connectivity index (χ2n) is 5.66. The van der Waals surface area contributed by atoms with E-state index in [4.69, 9.17) is 4.74 Å². The number of hydrogen-bond acceptors (Lipinski definition) is 5. The Bertz CT molecular complexity index is 1070. The molecule has 130 valence electrons. The molecular formula is C18H18N2O4S.